The van der Waals surface area contributed by atoms with E-state index in [2.05, 4.69) is 0 Å². The van der Waals surface area contributed by atoms with Crippen LogP contribution >= 0.6 is 23.2 Å². The standard InChI is InChI=1S/C25H22Cl2N2O4/c1-2-21(22(30)15-8-4-3-5-9-15)28(23(31)16-12-13-19(26)20(27)14-16)29-24(32)17-10-6-7-11-18(17)25(29)33/h3-9,12-14,17-18,21H,2,10-11H2,1H3/t17-,18+,21-/m0/s1. The second-order valence-corrected chi connectivity index (χ2v) is 8.89. The van der Waals surface area contributed by atoms with Crippen molar-refractivity contribution in [3.05, 3.63) is 81.9 Å². The van der Waals surface area contributed by atoms with Crippen molar-refractivity contribution < 1.29 is 19.2 Å². The zero-order chi connectivity index (χ0) is 23.7. The smallest absolute Gasteiger partial charge is 0.273 e. The number of amides is 3. The molecule has 170 valence electrons. The SMILES string of the molecule is CC[C@@H](C(=O)c1ccccc1)N(C(=O)c1ccc(Cl)c(Cl)c1)N1C(=O)[C@H]2CC=CC[C@H]2C1=O. The fourth-order valence-electron chi connectivity index (χ4n) is 4.39. The van der Waals surface area contributed by atoms with E-state index in [1.54, 1.807) is 37.3 Å². The second kappa shape index (κ2) is 9.49. The van der Waals surface area contributed by atoms with Gasteiger partial charge in [-0.1, -0.05) is 72.6 Å². The van der Waals surface area contributed by atoms with Gasteiger partial charge in [0.2, 0.25) is 0 Å². The molecule has 2 aromatic rings. The summed E-state index contributed by atoms with van der Waals surface area (Å²) in [6, 6.07) is 11.7. The summed E-state index contributed by atoms with van der Waals surface area (Å²) in [6.45, 7) is 1.74. The first kappa shape index (κ1) is 23.2. The third kappa shape index (κ3) is 4.21. The van der Waals surface area contributed by atoms with Crippen LogP contribution in [0, 0.1) is 11.8 Å². The van der Waals surface area contributed by atoms with Crippen LogP contribution < -0.4 is 0 Å². The van der Waals surface area contributed by atoms with E-state index in [0.717, 1.165) is 10.0 Å². The molecule has 0 unspecified atom stereocenters. The number of allylic oxidation sites excluding steroid dienone is 2. The normalized spacial score (nSPS) is 20.5. The van der Waals surface area contributed by atoms with Crippen molar-refractivity contribution in [2.24, 2.45) is 11.8 Å². The fraction of sp³-hybridized carbons (Fsp3) is 0.280. The van der Waals surface area contributed by atoms with Gasteiger partial charge >= 0.3 is 0 Å². The number of benzene rings is 2. The zero-order valence-corrected chi connectivity index (χ0v) is 19.4. The van der Waals surface area contributed by atoms with Crippen LogP contribution in [0.4, 0.5) is 0 Å². The van der Waals surface area contributed by atoms with E-state index in [4.69, 9.17) is 23.2 Å². The molecule has 3 amide bonds. The maximum Gasteiger partial charge on any atom is 0.273 e. The Morgan fingerprint density at radius 3 is 2.09 bits per heavy atom. The van der Waals surface area contributed by atoms with E-state index < -0.39 is 35.6 Å². The maximum absolute atomic E-state index is 13.7. The number of carbonyl (C=O) groups excluding carboxylic acids is 4. The van der Waals surface area contributed by atoms with Gasteiger partial charge in [0.1, 0.15) is 6.04 Å². The monoisotopic (exact) mass is 484 g/mol. The minimum Gasteiger partial charge on any atom is -0.292 e. The molecular formula is C25H22Cl2N2O4. The molecule has 3 atom stereocenters. The van der Waals surface area contributed by atoms with Gasteiger partial charge in [-0.15, -0.1) is 0 Å². The molecular weight excluding hydrogens is 463 g/mol. The molecule has 33 heavy (non-hydrogen) atoms. The molecule has 0 spiro atoms. The molecule has 8 heteroatoms. The summed E-state index contributed by atoms with van der Waals surface area (Å²) in [4.78, 5) is 53.9. The molecule has 1 fully saturated rings. The number of hydrogen-bond donors (Lipinski definition) is 0. The number of imide groups is 1. The Kier molecular flexibility index (Phi) is 6.68. The first-order valence-corrected chi connectivity index (χ1v) is 11.5. The number of ketones is 1. The first-order chi connectivity index (χ1) is 15.8. The van der Waals surface area contributed by atoms with Gasteiger partial charge in [-0.25, -0.2) is 5.01 Å². The van der Waals surface area contributed by atoms with Crippen LogP contribution in [0.1, 0.15) is 46.9 Å². The van der Waals surface area contributed by atoms with Gasteiger partial charge in [0.25, 0.3) is 17.7 Å². The number of fused-ring (bicyclic) bond motifs is 1. The lowest BCUT2D eigenvalue weighted by Crippen LogP contribution is -2.57. The maximum atomic E-state index is 13.7. The third-order valence-corrected chi connectivity index (χ3v) is 6.86. The number of Topliss-reactive ketones (excluding diaryl/α,β-unsaturated/α-hetero) is 1. The van der Waals surface area contributed by atoms with Crippen LogP contribution in [0.2, 0.25) is 10.0 Å². The molecule has 4 rings (SSSR count). The van der Waals surface area contributed by atoms with E-state index in [-0.39, 0.29) is 27.8 Å². The predicted octanol–water partition coefficient (Wildman–Crippen LogP) is 4.96. The van der Waals surface area contributed by atoms with Gasteiger partial charge in [-0.3, -0.25) is 19.2 Å². The Balaban J connectivity index is 1.80. The van der Waals surface area contributed by atoms with Gasteiger partial charge in [-0.2, -0.15) is 5.01 Å². The van der Waals surface area contributed by atoms with Crippen molar-refractivity contribution in [1.82, 2.24) is 10.0 Å². The van der Waals surface area contributed by atoms with E-state index in [9.17, 15) is 19.2 Å². The van der Waals surface area contributed by atoms with Crippen molar-refractivity contribution >= 4 is 46.7 Å². The van der Waals surface area contributed by atoms with Crippen molar-refractivity contribution in [2.75, 3.05) is 0 Å². The molecule has 0 bridgehead atoms. The molecule has 6 nitrogen and oxygen atoms in total. The minimum atomic E-state index is -1.06. The molecule has 0 N–H and O–H groups in total. The summed E-state index contributed by atoms with van der Waals surface area (Å²) in [7, 11) is 0. The Hall–Kier alpha value is -2.96. The van der Waals surface area contributed by atoms with E-state index in [0.29, 0.717) is 18.4 Å². The summed E-state index contributed by atoms with van der Waals surface area (Å²) in [6.07, 6.45) is 4.78. The number of rotatable bonds is 6. The fourth-order valence-corrected chi connectivity index (χ4v) is 4.69. The van der Waals surface area contributed by atoms with Gasteiger partial charge in [0.15, 0.2) is 5.78 Å². The minimum absolute atomic E-state index is 0.123. The van der Waals surface area contributed by atoms with Crippen LogP contribution in [0.25, 0.3) is 0 Å². The number of hydrazine groups is 1. The quantitative estimate of drug-likeness (QED) is 0.329. The summed E-state index contributed by atoms with van der Waals surface area (Å²) >= 11 is 12.1. The van der Waals surface area contributed by atoms with Crippen LogP contribution in [0.5, 0.6) is 0 Å². The predicted molar refractivity (Wildman–Crippen MR) is 125 cm³/mol. The first-order valence-electron chi connectivity index (χ1n) is 10.8. The molecule has 1 heterocycles. The Bertz CT molecular complexity index is 1120. The van der Waals surface area contributed by atoms with Gasteiger partial charge in [-0.05, 0) is 37.5 Å². The molecule has 0 aromatic heterocycles. The number of hydrogen-bond acceptors (Lipinski definition) is 4. The van der Waals surface area contributed by atoms with Crippen LogP contribution in [-0.2, 0) is 9.59 Å². The number of carbonyl (C=O) groups is 4. The number of halogens is 2. The topological polar surface area (TPSA) is 74.8 Å². The molecule has 0 radical (unpaired) electrons. The Labute approximate surface area is 201 Å². The van der Waals surface area contributed by atoms with Gasteiger partial charge in [0, 0.05) is 11.1 Å². The molecule has 1 saturated heterocycles. The van der Waals surface area contributed by atoms with Gasteiger partial charge < -0.3 is 0 Å². The lowest BCUT2D eigenvalue weighted by Gasteiger charge is -2.36. The van der Waals surface area contributed by atoms with Crippen LogP contribution in [0.15, 0.2) is 60.7 Å². The average Bonchev–Trinajstić information content (AvgIpc) is 3.09. The molecule has 1 aliphatic carbocycles. The van der Waals surface area contributed by atoms with Crippen LogP contribution in [-0.4, -0.2) is 39.6 Å². The highest BCUT2D eigenvalue weighted by molar-refractivity contribution is 6.42. The molecule has 2 aliphatic rings. The number of nitrogens with zero attached hydrogens (tertiary/aromatic N) is 2. The Morgan fingerprint density at radius 1 is 0.939 bits per heavy atom. The van der Waals surface area contributed by atoms with Crippen molar-refractivity contribution in [3.8, 4) is 0 Å². The lowest BCUT2D eigenvalue weighted by molar-refractivity contribution is -0.156. The summed E-state index contributed by atoms with van der Waals surface area (Å²) < 4.78 is 0. The van der Waals surface area contributed by atoms with Gasteiger partial charge in [0.05, 0.1) is 21.9 Å². The Morgan fingerprint density at radius 2 is 1.55 bits per heavy atom. The lowest BCUT2D eigenvalue weighted by atomic mass is 9.85. The van der Waals surface area contributed by atoms with Crippen LogP contribution in [0.3, 0.4) is 0 Å². The summed E-state index contributed by atoms with van der Waals surface area (Å²) in [5.41, 5.74) is 0.506. The average molecular weight is 485 g/mol. The second-order valence-electron chi connectivity index (χ2n) is 8.08. The highest BCUT2D eigenvalue weighted by atomic mass is 35.5. The highest BCUT2D eigenvalue weighted by Gasteiger charge is 2.52. The van der Waals surface area contributed by atoms with Crippen molar-refractivity contribution in [1.29, 1.82) is 0 Å². The largest absolute Gasteiger partial charge is 0.292 e. The third-order valence-electron chi connectivity index (χ3n) is 6.12. The zero-order valence-electron chi connectivity index (χ0n) is 17.9. The van der Waals surface area contributed by atoms with E-state index in [1.165, 1.54) is 18.2 Å². The van der Waals surface area contributed by atoms with E-state index >= 15 is 0 Å². The summed E-state index contributed by atoms with van der Waals surface area (Å²) in [5.74, 6) is -3.06. The molecule has 0 saturated carbocycles. The van der Waals surface area contributed by atoms with E-state index in [1.807, 2.05) is 12.2 Å². The van der Waals surface area contributed by atoms with Crippen molar-refractivity contribution in [2.45, 2.75) is 32.2 Å². The summed E-state index contributed by atoms with van der Waals surface area (Å²) in [5, 5.41) is 2.33. The highest BCUT2D eigenvalue weighted by Crippen LogP contribution is 2.37. The molecule has 2 aromatic carbocycles. The molecule has 1 aliphatic heterocycles. The van der Waals surface area contributed by atoms with Crippen molar-refractivity contribution in [3.63, 3.8) is 0 Å².